The highest BCUT2D eigenvalue weighted by Gasteiger charge is 2.24. The van der Waals surface area contributed by atoms with Crippen molar-refractivity contribution in [1.82, 2.24) is 0 Å². The van der Waals surface area contributed by atoms with Crippen molar-refractivity contribution in [2.75, 3.05) is 18.0 Å². The number of nitrogens with two attached hydrogens (primary N) is 2. The molecule has 4 heteroatoms. The molecule has 0 radical (unpaired) electrons. The molecular formula is C15H23N3O. The van der Waals surface area contributed by atoms with E-state index < -0.39 is 0 Å². The molecule has 4 nitrogen and oxygen atoms in total. The van der Waals surface area contributed by atoms with Crippen LogP contribution in [0.4, 0.5) is 5.69 Å². The third-order valence-electron chi connectivity index (χ3n) is 4.01. The summed E-state index contributed by atoms with van der Waals surface area (Å²) in [6.45, 7) is 3.85. The molecule has 4 N–H and O–H groups in total. The first-order valence-corrected chi connectivity index (χ1v) is 7.02. The highest BCUT2D eigenvalue weighted by Crippen LogP contribution is 2.30. The van der Waals surface area contributed by atoms with Crippen LogP contribution in [0.15, 0.2) is 24.3 Å². The van der Waals surface area contributed by atoms with Gasteiger partial charge in [-0.3, -0.25) is 4.79 Å². The molecule has 0 spiro atoms. The highest BCUT2D eigenvalue weighted by molar-refractivity contribution is 5.77. The van der Waals surface area contributed by atoms with Crippen LogP contribution in [0.25, 0.3) is 0 Å². The van der Waals surface area contributed by atoms with Crippen LogP contribution in [0, 0.1) is 5.92 Å². The van der Waals surface area contributed by atoms with Gasteiger partial charge in [0.25, 0.3) is 0 Å². The molecule has 0 unspecified atom stereocenters. The summed E-state index contributed by atoms with van der Waals surface area (Å²) in [5, 5.41) is 0. The third kappa shape index (κ3) is 3.07. The largest absolute Gasteiger partial charge is 0.371 e. The van der Waals surface area contributed by atoms with Crippen LogP contribution in [0.5, 0.6) is 0 Å². The fraction of sp³-hybridized carbons (Fsp3) is 0.533. The summed E-state index contributed by atoms with van der Waals surface area (Å²) in [5.41, 5.74) is 14.0. The van der Waals surface area contributed by atoms with E-state index in [1.165, 1.54) is 11.3 Å². The summed E-state index contributed by atoms with van der Waals surface area (Å²) in [5.74, 6) is -0.138. The molecular weight excluding hydrogens is 238 g/mol. The summed E-state index contributed by atoms with van der Waals surface area (Å²) in [6, 6.07) is 8.37. The number of rotatable bonds is 4. The van der Waals surface area contributed by atoms with Crippen LogP contribution < -0.4 is 16.4 Å². The molecule has 0 aliphatic carbocycles. The van der Waals surface area contributed by atoms with Crippen molar-refractivity contribution < 1.29 is 4.79 Å². The average molecular weight is 261 g/mol. The average Bonchev–Trinajstić information content (AvgIpc) is 2.46. The summed E-state index contributed by atoms with van der Waals surface area (Å²) in [6.07, 6.45) is 2.60. The van der Waals surface area contributed by atoms with Crippen molar-refractivity contribution in [2.24, 2.45) is 17.4 Å². The van der Waals surface area contributed by atoms with Crippen LogP contribution in [0.3, 0.4) is 0 Å². The van der Waals surface area contributed by atoms with E-state index in [0.29, 0.717) is 0 Å². The monoisotopic (exact) mass is 261 g/mol. The van der Waals surface area contributed by atoms with Crippen molar-refractivity contribution >= 4 is 11.6 Å². The van der Waals surface area contributed by atoms with Crippen LogP contribution >= 0.6 is 0 Å². The van der Waals surface area contributed by atoms with Crippen molar-refractivity contribution in [3.63, 3.8) is 0 Å². The summed E-state index contributed by atoms with van der Waals surface area (Å²) < 4.78 is 0. The molecule has 0 aromatic heterocycles. The lowest BCUT2D eigenvalue weighted by molar-refractivity contribution is -0.122. The molecule has 1 aliphatic heterocycles. The Hall–Kier alpha value is -1.55. The van der Waals surface area contributed by atoms with E-state index >= 15 is 0 Å². The minimum atomic E-state index is -0.168. The quantitative estimate of drug-likeness (QED) is 0.868. The van der Waals surface area contributed by atoms with E-state index in [1.807, 2.05) is 12.1 Å². The number of hydrogen-bond acceptors (Lipinski definition) is 3. The van der Waals surface area contributed by atoms with Gasteiger partial charge in [-0.25, -0.2) is 0 Å². The number of anilines is 1. The van der Waals surface area contributed by atoms with Gasteiger partial charge in [-0.1, -0.05) is 25.1 Å². The van der Waals surface area contributed by atoms with Crippen LogP contribution in [0.1, 0.15) is 37.8 Å². The van der Waals surface area contributed by atoms with E-state index in [0.717, 1.165) is 32.4 Å². The van der Waals surface area contributed by atoms with Gasteiger partial charge >= 0.3 is 0 Å². The molecule has 2 rings (SSSR count). The lowest BCUT2D eigenvalue weighted by atomic mass is 9.94. The normalized spacial score (nSPS) is 18.3. The zero-order chi connectivity index (χ0) is 13.8. The van der Waals surface area contributed by atoms with E-state index in [9.17, 15) is 4.79 Å². The number of piperidine rings is 1. The van der Waals surface area contributed by atoms with E-state index in [4.69, 9.17) is 11.5 Å². The van der Waals surface area contributed by atoms with E-state index in [-0.39, 0.29) is 17.9 Å². The van der Waals surface area contributed by atoms with Crippen molar-refractivity contribution in [1.29, 1.82) is 0 Å². The number of amides is 1. The Morgan fingerprint density at radius 3 is 2.58 bits per heavy atom. The smallest absolute Gasteiger partial charge is 0.220 e. The number of hydrogen-bond donors (Lipinski definition) is 2. The lowest BCUT2D eigenvalue weighted by Gasteiger charge is -2.34. The van der Waals surface area contributed by atoms with Crippen LogP contribution in [0.2, 0.25) is 0 Å². The molecule has 19 heavy (non-hydrogen) atoms. The van der Waals surface area contributed by atoms with Crippen LogP contribution in [-0.4, -0.2) is 19.0 Å². The first-order chi connectivity index (χ1) is 9.13. The fourth-order valence-corrected chi connectivity index (χ4v) is 2.71. The summed E-state index contributed by atoms with van der Waals surface area (Å²) in [7, 11) is 0. The standard InChI is InChI=1S/C15H23N3O/c1-2-13(16)12-5-3-4-6-14(12)18-9-7-11(8-10-18)15(17)19/h3-6,11,13H,2,7-10,16H2,1H3,(H2,17,19)/t13-/m1/s1. The fourth-order valence-electron chi connectivity index (χ4n) is 2.71. The minimum Gasteiger partial charge on any atom is -0.371 e. The summed E-state index contributed by atoms with van der Waals surface area (Å²) in [4.78, 5) is 13.5. The van der Waals surface area contributed by atoms with Gasteiger partial charge in [-0.2, -0.15) is 0 Å². The van der Waals surface area contributed by atoms with Gasteiger partial charge in [0, 0.05) is 30.7 Å². The first kappa shape index (κ1) is 13.9. The lowest BCUT2D eigenvalue weighted by Crippen LogP contribution is -2.39. The second-order valence-corrected chi connectivity index (χ2v) is 5.24. The topological polar surface area (TPSA) is 72.3 Å². The van der Waals surface area contributed by atoms with Gasteiger partial charge in [0.1, 0.15) is 0 Å². The maximum Gasteiger partial charge on any atom is 0.220 e. The Morgan fingerprint density at radius 2 is 2.00 bits per heavy atom. The van der Waals surface area contributed by atoms with Gasteiger partial charge < -0.3 is 16.4 Å². The molecule has 1 heterocycles. The van der Waals surface area contributed by atoms with Crippen molar-refractivity contribution in [2.45, 2.75) is 32.2 Å². The molecule has 1 aliphatic rings. The Kier molecular flexibility index (Phi) is 4.43. The summed E-state index contributed by atoms with van der Waals surface area (Å²) >= 11 is 0. The van der Waals surface area contributed by atoms with E-state index in [2.05, 4.69) is 24.0 Å². The number of carbonyl (C=O) groups is 1. The first-order valence-electron chi connectivity index (χ1n) is 7.02. The second kappa shape index (κ2) is 6.06. The molecule has 1 aromatic carbocycles. The maximum atomic E-state index is 11.2. The molecule has 1 amide bonds. The Balaban J connectivity index is 2.13. The van der Waals surface area contributed by atoms with Gasteiger partial charge in [0.15, 0.2) is 0 Å². The van der Waals surface area contributed by atoms with Gasteiger partial charge in [-0.15, -0.1) is 0 Å². The predicted molar refractivity (Wildman–Crippen MR) is 77.8 cm³/mol. The zero-order valence-electron chi connectivity index (χ0n) is 11.5. The van der Waals surface area contributed by atoms with E-state index in [1.54, 1.807) is 0 Å². The molecule has 1 fully saturated rings. The number of para-hydroxylation sites is 1. The molecule has 104 valence electrons. The van der Waals surface area contributed by atoms with Crippen LogP contribution in [-0.2, 0) is 4.79 Å². The molecule has 0 bridgehead atoms. The van der Waals surface area contributed by atoms with Gasteiger partial charge in [0.05, 0.1) is 0 Å². The molecule has 1 atom stereocenters. The third-order valence-corrected chi connectivity index (χ3v) is 4.01. The highest BCUT2D eigenvalue weighted by atomic mass is 16.1. The minimum absolute atomic E-state index is 0.0308. The number of benzene rings is 1. The van der Waals surface area contributed by atoms with Crippen molar-refractivity contribution in [3.05, 3.63) is 29.8 Å². The maximum absolute atomic E-state index is 11.2. The molecule has 0 saturated carbocycles. The molecule has 1 saturated heterocycles. The molecule has 1 aromatic rings. The number of primary amides is 1. The number of nitrogens with zero attached hydrogens (tertiary/aromatic N) is 1. The van der Waals surface area contributed by atoms with Gasteiger partial charge in [-0.05, 0) is 30.9 Å². The number of carbonyl (C=O) groups excluding carboxylic acids is 1. The predicted octanol–water partition coefficient (Wildman–Crippen LogP) is 1.80. The SMILES string of the molecule is CC[C@@H](N)c1ccccc1N1CCC(C(N)=O)CC1. The Bertz CT molecular complexity index is 439. The zero-order valence-corrected chi connectivity index (χ0v) is 11.5. The Morgan fingerprint density at radius 1 is 1.37 bits per heavy atom. The van der Waals surface area contributed by atoms with Gasteiger partial charge in [0.2, 0.25) is 5.91 Å². The van der Waals surface area contributed by atoms with Crippen molar-refractivity contribution in [3.8, 4) is 0 Å². The second-order valence-electron chi connectivity index (χ2n) is 5.24. The Labute approximate surface area is 114 Å².